The van der Waals surface area contributed by atoms with Crippen molar-refractivity contribution in [3.63, 3.8) is 0 Å². The lowest BCUT2D eigenvalue weighted by Gasteiger charge is -2.16. The lowest BCUT2D eigenvalue weighted by molar-refractivity contribution is -0.154. The second-order valence-corrected chi connectivity index (χ2v) is 7.61. The molecular weight excluding hydrogens is 386 g/mol. The number of carbonyl (C=O) groups excluding carboxylic acids is 2. The van der Waals surface area contributed by atoms with Gasteiger partial charge < -0.3 is 10.1 Å². The van der Waals surface area contributed by atoms with Crippen LogP contribution in [-0.4, -0.2) is 34.5 Å². The van der Waals surface area contributed by atoms with Gasteiger partial charge in [-0.05, 0) is 30.5 Å². The average Bonchev–Trinajstić information content (AvgIpc) is 3.21. The number of nitrogens with one attached hydrogen (secondary N) is 1. The predicted molar refractivity (Wildman–Crippen MR) is 112 cm³/mol. The van der Waals surface area contributed by atoms with Crippen molar-refractivity contribution in [2.75, 3.05) is 6.54 Å². The van der Waals surface area contributed by atoms with Crippen LogP contribution in [-0.2, 0) is 20.7 Å². The Kier molecular flexibility index (Phi) is 7.08. The molecule has 150 valence electrons. The Morgan fingerprint density at radius 2 is 1.93 bits per heavy atom. The van der Waals surface area contributed by atoms with Gasteiger partial charge in [-0.2, -0.15) is 0 Å². The van der Waals surface area contributed by atoms with Crippen LogP contribution < -0.4 is 5.32 Å². The van der Waals surface area contributed by atoms with Gasteiger partial charge in [0.05, 0.1) is 12.1 Å². The molecule has 0 aliphatic rings. The van der Waals surface area contributed by atoms with Crippen LogP contribution in [0.4, 0.5) is 0 Å². The van der Waals surface area contributed by atoms with E-state index in [1.54, 1.807) is 19.3 Å². The molecule has 2 aromatic heterocycles. The smallest absolute Gasteiger partial charge is 0.312 e. The summed E-state index contributed by atoms with van der Waals surface area (Å²) < 4.78 is 5.27. The molecule has 0 saturated carbocycles. The van der Waals surface area contributed by atoms with Gasteiger partial charge in [-0.3, -0.25) is 14.6 Å². The van der Waals surface area contributed by atoms with E-state index in [-0.39, 0.29) is 18.2 Å². The number of benzene rings is 1. The molecule has 29 heavy (non-hydrogen) atoms. The molecule has 1 amide bonds. The van der Waals surface area contributed by atoms with E-state index in [4.69, 9.17) is 4.74 Å². The number of aromatic nitrogens is 2. The van der Waals surface area contributed by atoms with Crippen LogP contribution in [0.25, 0.3) is 10.6 Å². The Balaban J connectivity index is 1.46. The van der Waals surface area contributed by atoms with E-state index in [0.29, 0.717) is 12.2 Å². The molecule has 2 atom stereocenters. The van der Waals surface area contributed by atoms with Crippen molar-refractivity contribution < 1.29 is 14.3 Å². The van der Waals surface area contributed by atoms with E-state index in [0.717, 1.165) is 16.1 Å². The van der Waals surface area contributed by atoms with Gasteiger partial charge in [0.2, 0.25) is 0 Å². The zero-order valence-corrected chi connectivity index (χ0v) is 17.2. The normalized spacial score (nSPS) is 12.8. The largest absolute Gasteiger partial charge is 0.452 e. The number of hydrogen-bond acceptors (Lipinski definition) is 6. The number of hydrogen-bond donors (Lipinski definition) is 1. The Bertz CT molecular complexity index is 944. The Morgan fingerprint density at radius 1 is 1.14 bits per heavy atom. The fourth-order valence-electron chi connectivity index (χ4n) is 2.75. The first-order chi connectivity index (χ1) is 14.0. The van der Waals surface area contributed by atoms with Crippen molar-refractivity contribution in [1.82, 2.24) is 15.3 Å². The van der Waals surface area contributed by atoms with Crippen LogP contribution in [0.1, 0.15) is 31.0 Å². The topological polar surface area (TPSA) is 81.2 Å². The van der Waals surface area contributed by atoms with Crippen molar-refractivity contribution >= 4 is 23.2 Å². The van der Waals surface area contributed by atoms with E-state index in [2.05, 4.69) is 15.3 Å². The van der Waals surface area contributed by atoms with Crippen molar-refractivity contribution in [2.45, 2.75) is 32.3 Å². The standard InChI is InChI=1S/C22H23N3O3S/c1-15(17-7-4-3-5-8-17)12-24-21(27)16(2)28-20(26)11-19-14-29-22(25-19)18-9-6-10-23-13-18/h3-10,13-16H,11-12H2,1-2H3,(H,24,27)/t15-,16-/m0/s1. The Morgan fingerprint density at radius 3 is 2.66 bits per heavy atom. The van der Waals surface area contributed by atoms with E-state index in [1.807, 2.05) is 54.8 Å². The lowest BCUT2D eigenvalue weighted by Crippen LogP contribution is -2.37. The second-order valence-electron chi connectivity index (χ2n) is 6.75. The molecule has 0 aliphatic carbocycles. The van der Waals surface area contributed by atoms with E-state index in [9.17, 15) is 9.59 Å². The molecule has 0 aliphatic heterocycles. The highest BCUT2D eigenvalue weighted by molar-refractivity contribution is 7.13. The maximum Gasteiger partial charge on any atom is 0.312 e. The summed E-state index contributed by atoms with van der Waals surface area (Å²) in [6.45, 7) is 4.09. The van der Waals surface area contributed by atoms with Crippen LogP contribution in [0.5, 0.6) is 0 Å². The summed E-state index contributed by atoms with van der Waals surface area (Å²) >= 11 is 1.44. The summed E-state index contributed by atoms with van der Waals surface area (Å²) in [7, 11) is 0. The third-order valence-electron chi connectivity index (χ3n) is 4.41. The first-order valence-electron chi connectivity index (χ1n) is 9.40. The number of esters is 1. The second kappa shape index (κ2) is 9.93. The first-order valence-corrected chi connectivity index (χ1v) is 10.3. The zero-order valence-electron chi connectivity index (χ0n) is 16.4. The fraction of sp³-hybridized carbons (Fsp3) is 0.273. The molecule has 3 rings (SSSR count). The van der Waals surface area contributed by atoms with E-state index < -0.39 is 12.1 Å². The van der Waals surface area contributed by atoms with Crippen molar-refractivity contribution in [3.8, 4) is 10.6 Å². The van der Waals surface area contributed by atoms with Crippen LogP contribution in [0, 0.1) is 0 Å². The van der Waals surface area contributed by atoms with Gasteiger partial charge in [-0.15, -0.1) is 11.3 Å². The minimum atomic E-state index is -0.859. The third-order valence-corrected chi connectivity index (χ3v) is 5.35. The van der Waals surface area contributed by atoms with Crippen molar-refractivity contribution in [2.24, 2.45) is 0 Å². The summed E-state index contributed by atoms with van der Waals surface area (Å²) in [6, 6.07) is 13.7. The molecule has 0 bridgehead atoms. The van der Waals surface area contributed by atoms with Gasteiger partial charge >= 0.3 is 5.97 Å². The van der Waals surface area contributed by atoms with Crippen LogP contribution in [0.2, 0.25) is 0 Å². The number of nitrogens with zero attached hydrogens (tertiary/aromatic N) is 2. The summed E-state index contributed by atoms with van der Waals surface area (Å²) in [6.07, 6.45) is 2.59. The number of carbonyl (C=O) groups is 2. The summed E-state index contributed by atoms with van der Waals surface area (Å²) in [5.41, 5.74) is 2.66. The third kappa shape index (κ3) is 5.96. The molecule has 0 saturated heterocycles. The number of pyridine rings is 1. The quantitative estimate of drug-likeness (QED) is 0.575. The zero-order chi connectivity index (χ0) is 20.6. The molecule has 1 N–H and O–H groups in total. The number of rotatable bonds is 8. The monoisotopic (exact) mass is 409 g/mol. The van der Waals surface area contributed by atoms with Gasteiger partial charge in [-0.1, -0.05) is 37.3 Å². The van der Waals surface area contributed by atoms with Crippen molar-refractivity contribution in [3.05, 3.63) is 71.5 Å². The molecular formula is C22H23N3O3S. The minimum Gasteiger partial charge on any atom is -0.452 e. The van der Waals surface area contributed by atoms with E-state index in [1.165, 1.54) is 11.3 Å². The van der Waals surface area contributed by atoms with Crippen LogP contribution >= 0.6 is 11.3 Å². The summed E-state index contributed by atoms with van der Waals surface area (Å²) in [5, 5.41) is 5.45. The van der Waals surface area contributed by atoms with Crippen molar-refractivity contribution in [1.29, 1.82) is 0 Å². The highest BCUT2D eigenvalue weighted by atomic mass is 32.1. The molecule has 2 heterocycles. The molecule has 0 fully saturated rings. The average molecular weight is 410 g/mol. The minimum absolute atomic E-state index is 0.0226. The molecule has 0 radical (unpaired) electrons. The molecule has 7 heteroatoms. The van der Waals surface area contributed by atoms with Gasteiger partial charge in [0, 0.05) is 29.9 Å². The maximum absolute atomic E-state index is 12.2. The highest BCUT2D eigenvalue weighted by Gasteiger charge is 2.19. The number of thiazole rings is 1. The Labute approximate surface area is 174 Å². The molecule has 6 nitrogen and oxygen atoms in total. The predicted octanol–water partition coefficient (Wildman–Crippen LogP) is 3.60. The highest BCUT2D eigenvalue weighted by Crippen LogP contribution is 2.23. The van der Waals surface area contributed by atoms with E-state index >= 15 is 0 Å². The number of ether oxygens (including phenoxy) is 1. The summed E-state index contributed by atoms with van der Waals surface area (Å²) in [5.74, 6) is -0.619. The molecule has 0 unspecified atom stereocenters. The SMILES string of the molecule is C[C@H](OC(=O)Cc1csc(-c2cccnc2)n1)C(=O)NC[C@H](C)c1ccccc1. The van der Waals surface area contributed by atoms with Gasteiger partial charge in [0.25, 0.3) is 5.91 Å². The van der Waals surface area contributed by atoms with Gasteiger partial charge in [0.15, 0.2) is 6.10 Å². The first kappa shape index (κ1) is 20.7. The molecule has 1 aromatic carbocycles. The maximum atomic E-state index is 12.2. The number of amides is 1. The van der Waals surface area contributed by atoms with Gasteiger partial charge in [0.1, 0.15) is 5.01 Å². The Hall–Kier alpha value is -3.06. The molecule has 0 spiro atoms. The lowest BCUT2D eigenvalue weighted by atomic mass is 10.0. The van der Waals surface area contributed by atoms with Crippen LogP contribution in [0.15, 0.2) is 60.2 Å². The summed E-state index contributed by atoms with van der Waals surface area (Å²) in [4.78, 5) is 32.9. The molecule has 3 aromatic rings. The fourth-order valence-corrected chi connectivity index (χ4v) is 3.56. The van der Waals surface area contributed by atoms with Gasteiger partial charge in [-0.25, -0.2) is 4.98 Å². The van der Waals surface area contributed by atoms with Crippen LogP contribution in [0.3, 0.4) is 0 Å².